The second-order valence-corrected chi connectivity index (χ2v) is 6.94. The lowest BCUT2D eigenvalue weighted by Gasteiger charge is -2.24. The minimum Gasteiger partial charge on any atom is -0.310 e. The molecule has 0 fully saturated rings. The van der Waals surface area contributed by atoms with Crippen LogP contribution in [0, 0.1) is 10.8 Å². The minimum absolute atomic E-state index is 0.0734. The average Bonchev–Trinajstić information content (AvgIpc) is 2.24. The molecule has 0 rings (SSSR count). The zero-order valence-corrected chi connectivity index (χ0v) is 12.6. The third kappa shape index (κ3) is 7.43. The Morgan fingerprint density at radius 3 is 1.44 bits per heavy atom. The van der Waals surface area contributed by atoms with Crippen LogP contribution in [0.3, 0.4) is 0 Å². The third-order valence-corrected chi connectivity index (χ3v) is 3.84. The van der Waals surface area contributed by atoms with E-state index in [1.807, 2.05) is 0 Å². The van der Waals surface area contributed by atoms with Gasteiger partial charge in [-0.2, -0.15) is 0 Å². The van der Waals surface area contributed by atoms with Crippen molar-refractivity contribution in [1.29, 1.82) is 0 Å². The Morgan fingerprint density at radius 2 is 1.19 bits per heavy atom. The van der Waals surface area contributed by atoms with Crippen molar-refractivity contribution in [3.8, 4) is 0 Å². The Labute approximate surface area is 101 Å². The molecular weight excluding hydrogens is 223 g/mol. The second-order valence-electron chi connectivity index (χ2n) is 5.86. The molecule has 0 radical (unpaired) electrons. The molecule has 3 nitrogen and oxygen atoms in total. The molecule has 0 saturated carbocycles. The van der Waals surface area contributed by atoms with E-state index < -0.39 is 8.25 Å². The van der Waals surface area contributed by atoms with Gasteiger partial charge in [-0.15, -0.1) is 0 Å². The van der Waals surface area contributed by atoms with Crippen LogP contribution in [0.4, 0.5) is 0 Å². The molecule has 0 heterocycles. The van der Waals surface area contributed by atoms with Crippen molar-refractivity contribution in [3.63, 3.8) is 0 Å². The molecule has 0 aromatic carbocycles. The highest BCUT2D eigenvalue weighted by molar-refractivity contribution is 7.33. The quantitative estimate of drug-likeness (QED) is 0.603. The predicted octanol–water partition coefficient (Wildman–Crippen LogP) is 4.28. The van der Waals surface area contributed by atoms with Crippen molar-refractivity contribution >= 4 is 8.25 Å². The SMILES string of the molecule is CCC(C)(C)CO[PH](=O)OCC(C)(C)CC. The zero-order chi connectivity index (χ0) is 12.8. The molecule has 0 N–H and O–H groups in total. The van der Waals surface area contributed by atoms with Gasteiger partial charge in [0, 0.05) is 0 Å². The van der Waals surface area contributed by atoms with Crippen molar-refractivity contribution in [2.75, 3.05) is 13.2 Å². The molecule has 4 heteroatoms. The molecule has 16 heavy (non-hydrogen) atoms. The number of rotatable bonds is 8. The Kier molecular flexibility index (Phi) is 6.84. The molecule has 0 saturated heterocycles. The smallest absolute Gasteiger partial charge is 0.310 e. The van der Waals surface area contributed by atoms with Gasteiger partial charge in [0.1, 0.15) is 0 Å². The first-order valence-electron chi connectivity index (χ1n) is 6.02. The van der Waals surface area contributed by atoms with E-state index in [2.05, 4.69) is 41.5 Å². The summed E-state index contributed by atoms with van der Waals surface area (Å²) in [7, 11) is -2.33. The summed E-state index contributed by atoms with van der Waals surface area (Å²) in [4.78, 5) is 0. The van der Waals surface area contributed by atoms with Crippen LogP contribution in [0.15, 0.2) is 0 Å². The highest BCUT2D eigenvalue weighted by Gasteiger charge is 2.19. The van der Waals surface area contributed by atoms with Gasteiger partial charge in [0.25, 0.3) is 0 Å². The van der Waals surface area contributed by atoms with Crippen LogP contribution < -0.4 is 0 Å². The maximum atomic E-state index is 11.5. The third-order valence-electron chi connectivity index (χ3n) is 3.08. The van der Waals surface area contributed by atoms with Crippen LogP contribution in [-0.2, 0) is 13.6 Å². The second kappa shape index (κ2) is 6.78. The molecule has 0 aliphatic carbocycles. The molecule has 0 spiro atoms. The van der Waals surface area contributed by atoms with Crippen LogP contribution in [0.1, 0.15) is 54.4 Å². The monoisotopic (exact) mass is 250 g/mol. The summed E-state index contributed by atoms with van der Waals surface area (Å²) in [5, 5.41) is 0. The topological polar surface area (TPSA) is 35.5 Å². The molecular formula is C12H27O3P. The van der Waals surface area contributed by atoms with Gasteiger partial charge in [-0.3, -0.25) is 4.57 Å². The van der Waals surface area contributed by atoms with Crippen LogP contribution >= 0.6 is 8.25 Å². The first kappa shape index (κ1) is 16.1. The van der Waals surface area contributed by atoms with E-state index in [1.165, 1.54) is 0 Å². The van der Waals surface area contributed by atoms with Crippen molar-refractivity contribution in [2.45, 2.75) is 54.4 Å². The lowest BCUT2D eigenvalue weighted by molar-refractivity contribution is 0.121. The van der Waals surface area contributed by atoms with Gasteiger partial charge in [-0.05, 0) is 23.7 Å². The molecule has 0 atom stereocenters. The van der Waals surface area contributed by atoms with Crippen LogP contribution in [0.5, 0.6) is 0 Å². The van der Waals surface area contributed by atoms with E-state index in [1.54, 1.807) is 0 Å². The summed E-state index contributed by atoms with van der Waals surface area (Å²) in [6, 6.07) is 0. The first-order valence-corrected chi connectivity index (χ1v) is 7.24. The van der Waals surface area contributed by atoms with Gasteiger partial charge in [0.2, 0.25) is 0 Å². The van der Waals surface area contributed by atoms with E-state index in [0.29, 0.717) is 13.2 Å². The highest BCUT2D eigenvalue weighted by atomic mass is 31.1. The van der Waals surface area contributed by atoms with Crippen molar-refractivity contribution < 1.29 is 13.6 Å². The summed E-state index contributed by atoms with van der Waals surface area (Å²) in [5.74, 6) is 0. The van der Waals surface area contributed by atoms with Crippen molar-refractivity contribution in [2.24, 2.45) is 10.8 Å². The summed E-state index contributed by atoms with van der Waals surface area (Å²) in [6.07, 6.45) is 2.01. The fraction of sp³-hybridized carbons (Fsp3) is 1.00. The zero-order valence-electron chi connectivity index (χ0n) is 11.6. The molecule has 0 aromatic rings. The van der Waals surface area contributed by atoms with E-state index in [-0.39, 0.29) is 10.8 Å². The first-order chi connectivity index (χ1) is 7.22. The standard InChI is InChI=1S/C12H27O3P/c1-7-11(3,4)9-14-16(13)15-10-12(5,6)8-2/h16H,7-10H2,1-6H3. The van der Waals surface area contributed by atoms with Gasteiger partial charge in [-0.25, -0.2) is 0 Å². The highest BCUT2D eigenvalue weighted by Crippen LogP contribution is 2.32. The molecule has 0 aliphatic rings. The normalized spacial score (nSPS) is 13.4. The maximum Gasteiger partial charge on any atom is 0.319 e. The predicted molar refractivity (Wildman–Crippen MR) is 69.0 cm³/mol. The molecule has 0 aliphatic heterocycles. The lowest BCUT2D eigenvalue weighted by atomic mass is 9.92. The van der Waals surface area contributed by atoms with Gasteiger partial charge in [0.05, 0.1) is 13.2 Å². The lowest BCUT2D eigenvalue weighted by Crippen LogP contribution is -2.18. The van der Waals surface area contributed by atoms with Crippen molar-refractivity contribution in [1.82, 2.24) is 0 Å². The van der Waals surface area contributed by atoms with E-state index in [0.717, 1.165) is 12.8 Å². The van der Waals surface area contributed by atoms with Crippen LogP contribution in [-0.4, -0.2) is 13.2 Å². The van der Waals surface area contributed by atoms with Gasteiger partial charge in [-0.1, -0.05) is 41.5 Å². The molecule has 0 amide bonds. The van der Waals surface area contributed by atoms with Gasteiger partial charge in [0.15, 0.2) is 0 Å². The largest absolute Gasteiger partial charge is 0.319 e. The van der Waals surface area contributed by atoms with E-state index in [4.69, 9.17) is 9.05 Å². The molecule has 0 unspecified atom stereocenters. The fourth-order valence-corrected chi connectivity index (χ4v) is 1.85. The molecule has 0 aromatic heterocycles. The molecule has 98 valence electrons. The number of hydrogen-bond acceptors (Lipinski definition) is 3. The van der Waals surface area contributed by atoms with Crippen molar-refractivity contribution in [3.05, 3.63) is 0 Å². The summed E-state index contributed by atoms with van der Waals surface area (Å²) in [6.45, 7) is 13.6. The van der Waals surface area contributed by atoms with E-state index >= 15 is 0 Å². The summed E-state index contributed by atoms with van der Waals surface area (Å²) >= 11 is 0. The Balaban J connectivity index is 3.85. The van der Waals surface area contributed by atoms with Crippen LogP contribution in [0.2, 0.25) is 0 Å². The Morgan fingerprint density at radius 1 is 0.875 bits per heavy atom. The van der Waals surface area contributed by atoms with Crippen LogP contribution in [0.25, 0.3) is 0 Å². The Bertz CT molecular complexity index is 202. The van der Waals surface area contributed by atoms with Gasteiger partial charge >= 0.3 is 8.25 Å². The minimum atomic E-state index is -2.33. The Hall–Kier alpha value is 0.150. The maximum absolute atomic E-state index is 11.5. The van der Waals surface area contributed by atoms with E-state index in [9.17, 15) is 4.57 Å². The summed E-state index contributed by atoms with van der Waals surface area (Å²) in [5.41, 5.74) is 0.147. The fourth-order valence-electron chi connectivity index (χ4n) is 0.754. The molecule has 0 bridgehead atoms. The summed E-state index contributed by atoms with van der Waals surface area (Å²) < 4.78 is 22.0. The van der Waals surface area contributed by atoms with Gasteiger partial charge < -0.3 is 9.05 Å². The number of hydrogen-bond donors (Lipinski definition) is 0. The average molecular weight is 250 g/mol.